The van der Waals surface area contributed by atoms with Gasteiger partial charge < -0.3 is 9.52 Å². The number of fused-ring (bicyclic) bond motifs is 1. The maximum atomic E-state index is 11.1. The van der Waals surface area contributed by atoms with Crippen molar-refractivity contribution in [2.24, 2.45) is 0 Å². The summed E-state index contributed by atoms with van der Waals surface area (Å²) in [4.78, 5) is 8.28. The van der Waals surface area contributed by atoms with Crippen LogP contribution in [-0.2, 0) is 0 Å². The number of thiazole rings is 1. The third-order valence-electron chi connectivity index (χ3n) is 5.20. The van der Waals surface area contributed by atoms with Crippen molar-refractivity contribution in [1.29, 1.82) is 0 Å². The Morgan fingerprint density at radius 3 is 2.66 bits per heavy atom. The highest BCUT2D eigenvalue weighted by Crippen LogP contribution is 2.43. The molecule has 0 spiro atoms. The predicted molar refractivity (Wildman–Crippen MR) is 114 cm³/mol. The largest absolute Gasteiger partial charge is 0.492 e. The van der Waals surface area contributed by atoms with Crippen molar-refractivity contribution in [2.45, 2.75) is 25.3 Å². The molecule has 1 atom stereocenters. The van der Waals surface area contributed by atoms with E-state index in [0.29, 0.717) is 26.6 Å². The van der Waals surface area contributed by atoms with Gasteiger partial charge in [-0.05, 0) is 55.8 Å². The number of halogens is 2. The summed E-state index contributed by atoms with van der Waals surface area (Å²) in [6.07, 6.45) is 5.02. The number of hydrogen-bond donors (Lipinski definition) is 1. The molecular formula is C20H18Cl2N4O2S. The van der Waals surface area contributed by atoms with E-state index in [-0.39, 0.29) is 11.9 Å². The number of benzene rings is 1. The van der Waals surface area contributed by atoms with E-state index in [1.807, 2.05) is 12.1 Å². The Labute approximate surface area is 181 Å². The highest BCUT2D eigenvalue weighted by atomic mass is 35.5. The van der Waals surface area contributed by atoms with E-state index in [2.05, 4.69) is 15.0 Å². The SMILES string of the molecule is Oc1c([C@@H](c2ccc(Cl)cc2Cl)N2CCCCC2)sc2nc(-c3ccco3)nn12. The van der Waals surface area contributed by atoms with Crippen LogP contribution in [0, 0.1) is 0 Å². The molecule has 4 heterocycles. The fraction of sp³-hybridized carbons (Fsp3) is 0.300. The zero-order valence-corrected chi connectivity index (χ0v) is 17.7. The third kappa shape index (κ3) is 3.42. The van der Waals surface area contributed by atoms with E-state index in [0.717, 1.165) is 36.4 Å². The molecule has 0 amide bonds. The van der Waals surface area contributed by atoms with Gasteiger partial charge in [0.25, 0.3) is 0 Å². The Bertz CT molecular complexity index is 1150. The maximum absolute atomic E-state index is 11.1. The number of likely N-dealkylation sites (tertiary alicyclic amines) is 1. The van der Waals surface area contributed by atoms with Crippen molar-refractivity contribution in [3.8, 4) is 17.5 Å². The number of piperidine rings is 1. The van der Waals surface area contributed by atoms with Crippen LogP contribution < -0.4 is 0 Å². The number of hydrogen-bond acceptors (Lipinski definition) is 6. The van der Waals surface area contributed by atoms with Gasteiger partial charge >= 0.3 is 0 Å². The van der Waals surface area contributed by atoms with E-state index < -0.39 is 0 Å². The molecule has 1 N–H and O–H groups in total. The van der Waals surface area contributed by atoms with Gasteiger partial charge in [0.2, 0.25) is 16.7 Å². The van der Waals surface area contributed by atoms with Crippen molar-refractivity contribution in [2.75, 3.05) is 13.1 Å². The third-order valence-corrected chi connectivity index (χ3v) is 6.84. The zero-order chi connectivity index (χ0) is 20.0. The van der Waals surface area contributed by atoms with Crippen LogP contribution in [0.25, 0.3) is 16.5 Å². The zero-order valence-electron chi connectivity index (χ0n) is 15.4. The summed E-state index contributed by atoms with van der Waals surface area (Å²) in [5.74, 6) is 1.09. The molecule has 1 aromatic carbocycles. The number of aromatic hydroxyl groups is 1. The van der Waals surface area contributed by atoms with E-state index in [4.69, 9.17) is 27.6 Å². The van der Waals surface area contributed by atoms with Gasteiger partial charge in [0.05, 0.1) is 17.2 Å². The van der Waals surface area contributed by atoms with Crippen LogP contribution in [0.4, 0.5) is 0 Å². The van der Waals surface area contributed by atoms with Crippen molar-refractivity contribution >= 4 is 39.5 Å². The Morgan fingerprint density at radius 2 is 1.97 bits per heavy atom. The molecule has 1 aliphatic rings. The van der Waals surface area contributed by atoms with Gasteiger partial charge in [0, 0.05) is 10.0 Å². The summed E-state index contributed by atoms with van der Waals surface area (Å²) in [7, 11) is 0. The van der Waals surface area contributed by atoms with Gasteiger partial charge in [-0.3, -0.25) is 4.90 Å². The monoisotopic (exact) mass is 448 g/mol. The first-order chi connectivity index (χ1) is 14.1. The lowest BCUT2D eigenvalue weighted by molar-refractivity contribution is 0.186. The lowest BCUT2D eigenvalue weighted by Gasteiger charge is -2.34. The Balaban J connectivity index is 1.62. The van der Waals surface area contributed by atoms with Crippen LogP contribution in [0.1, 0.15) is 35.7 Å². The number of furan rings is 1. The second kappa shape index (κ2) is 7.65. The Kier molecular flexibility index (Phi) is 4.99. The fourth-order valence-corrected chi connectivity index (χ4v) is 5.46. The number of aromatic nitrogens is 3. The normalized spacial score (nSPS) is 16.5. The first-order valence-electron chi connectivity index (χ1n) is 9.43. The first-order valence-corrected chi connectivity index (χ1v) is 11.0. The second-order valence-corrected chi connectivity index (χ2v) is 8.91. The summed E-state index contributed by atoms with van der Waals surface area (Å²) in [6, 6.07) is 8.92. The van der Waals surface area contributed by atoms with Gasteiger partial charge in [-0.2, -0.15) is 9.50 Å². The summed E-state index contributed by atoms with van der Waals surface area (Å²) < 4.78 is 6.84. The van der Waals surface area contributed by atoms with Crippen LogP contribution in [0.3, 0.4) is 0 Å². The minimum absolute atomic E-state index is 0.0805. The maximum Gasteiger partial charge on any atom is 0.230 e. The molecule has 1 fully saturated rings. The predicted octanol–water partition coefficient (Wildman–Crippen LogP) is 5.64. The van der Waals surface area contributed by atoms with Crippen LogP contribution in [0.5, 0.6) is 5.88 Å². The van der Waals surface area contributed by atoms with E-state index in [1.165, 1.54) is 22.3 Å². The molecule has 9 heteroatoms. The number of rotatable bonds is 4. The summed E-state index contributed by atoms with van der Waals surface area (Å²) in [5, 5.41) is 16.7. The topological polar surface area (TPSA) is 66.8 Å². The van der Waals surface area contributed by atoms with E-state index in [1.54, 1.807) is 24.5 Å². The lowest BCUT2D eigenvalue weighted by atomic mass is 10.0. The first kappa shape index (κ1) is 18.9. The number of nitrogens with zero attached hydrogens (tertiary/aromatic N) is 4. The van der Waals surface area contributed by atoms with Crippen molar-refractivity contribution in [3.05, 3.63) is 57.1 Å². The average molecular weight is 449 g/mol. The molecule has 1 aliphatic heterocycles. The molecule has 1 saturated heterocycles. The highest BCUT2D eigenvalue weighted by Gasteiger charge is 2.32. The van der Waals surface area contributed by atoms with Crippen LogP contribution >= 0.6 is 34.5 Å². The van der Waals surface area contributed by atoms with Crippen LogP contribution in [-0.4, -0.2) is 37.7 Å². The molecule has 3 aromatic heterocycles. The fourth-order valence-electron chi connectivity index (χ4n) is 3.84. The summed E-state index contributed by atoms with van der Waals surface area (Å²) in [6.45, 7) is 1.88. The molecule has 150 valence electrons. The summed E-state index contributed by atoms with van der Waals surface area (Å²) >= 11 is 14.1. The smallest absolute Gasteiger partial charge is 0.230 e. The van der Waals surface area contributed by atoms with Crippen molar-refractivity contribution in [1.82, 2.24) is 19.5 Å². The van der Waals surface area contributed by atoms with E-state index in [9.17, 15) is 5.11 Å². The van der Waals surface area contributed by atoms with E-state index >= 15 is 0 Å². The second-order valence-electron chi connectivity index (χ2n) is 7.06. The molecule has 0 saturated carbocycles. The van der Waals surface area contributed by atoms with Gasteiger partial charge in [-0.1, -0.05) is 47.0 Å². The molecule has 29 heavy (non-hydrogen) atoms. The molecule has 6 nitrogen and oxygen atoms in total. The molecule has 0 radical (unpaired) electrons. The quantitative estimate of drug-likeness (QED) is 0.437. The minimum atomic E-state index is -0.180. The average Bonchev–Trinajstić information content (AvgIpc) is 3.43. The molecule has 4 aromatic rings. The van der Waals surface area contributed by atoms with Gasteiger partial charge in [-0.15, -0.1) is 5.10 Å². The molecule has 0 unspecified atom stereocenters. The lowest BCUT2D eigenvalue weighted by Crippen LogP contribution is -2.34. The van der Waals surface area contributed by atoms with Crippen LogP contribution in [0.15, 0.2) is 41.0 Å². The van der Waals surface area contributed by atoms with Gasteiger partial charge in [0.1, 0.15) is 0 Å². The summed E-state index contributed by atoms with van der Waals surface area (Å²) in [5.41, 5.74) is 0.920. The molecule has 0 aliphatic carbocycles. The molecule has 0 bridgehead atoms. The molecular weight excluding hydrogens is 431 g/mol. The molecule has 5 rings (SSSR count). The Morgan fingerprint density at radius 1 is 1.14 bits per heavy atom. The van der Waals surface area contributed by atoms with Gasteiger partial charge in [-0.25, -0.2) is 0 Å². The van der Waals surface area contributed by atoms with Crippen LogP contribution in [0.2, 0.25) is 10.0 Å². The van der Waals surface area contributed by atoms with Crippen molar-refractivity contribution in [3.63, 3.8) is 0 Å². The highest BCUT2D eigenvalue weighted by molar-refractivity contribution is 7.17. The van der Waals surface area contributed by atoms with Gasteiger partial charge in [0.15, 0.2) is 5.76 Å². The standard InChI is InChI=1S/C20H18Cl2N4O2S/c21-12-6-7-13(14(22)11-12)16(25-8-2-1-3-9-25)17-19(27)26-20(29-17)23-18(24-26)15-5-4-10-28-15/h4-7,10-11,16,27H,1-3,8-9H2/t16-/m1/s1. The van der Waals surface area contributed by atoms with Crippen molar-refractivity contribution < 1.29 is 9.52 Å². The minimum Gasteiger partial charge on any atom is -0.492 e. The Hall–Kier alpha value is -2.06.